The number of carbonyl (C=O) groups is 1. The summed E-state index contributed by atoms with van der Waals surface area (Å²) in [5.74, 6) is -0.279. The van der Waals surface area contributed by atoms with Crippen molar-refractivity contribution in [1.29, 1.82) is 0 Å². The number of benzene rings is 1. The highest BCUT2D eigenvalue weighted by molar-refractivity contribution is 9.10. The molecule has 0 spiro atoms. The van der Waals surface area contributed by atoms with Crippen LogP contribution in [0.15, 0.2) is 16.6 Å². The van der Waals surface area contributed by atoms with E-state index >= 15 is 0 Å². The zero-order valence-electron chi connectivity index (χ0n) is 8.18. The Balaban J connectivity index is 2.98. The predicted octanol–water partition coefficient (Wildman–Crippen LogP) is 2.13. The number of rotatable bonds is 3. The van der Waals surface area contributed by atoms with Gasteiger partial charge in [-0.2, -0.15) is 0 Å². The standard InChI is InChI=1S/C10H11BrClNO2/c1-6-4-7(11)5-8(9(6)12)10(15)13-2-3-14/h4-5,14H,2-3H2,1H3,(H,13,15). The first-order valence-corrected chi connectivity index (χ1v) is 5.58. The Hall–Kier alpha value is -0.580. The molecule has 1 aromatic rings. The number of nitrogens with one attached hydrogen (secondary N) is 1. The van der Waals surface area contributed by atoms with E-state index in [4.69, 9.17) is 16.7 Å². The molecule has 0 radical (unpaired) electrons. The Labute approximate surface area is 102 Å². The van der Waals surface area contributed by atoms with E-state index in [1.165, 1.54) is 0 Å². The van der Waals surface area contributed by atoms with E-state index in [2.05, 4.69) is 21.2 Å². The summed E-state index contributed by atoms with van der Waals surface area (Å²) in [5.41, 5.74) is 1.25. The van der Waals surface area contributed by atoms with Gasteiger partial charge in [-0.3, -0.25) is 4.79 Å². The first-order chi connectivity index (χ1) is 7.06. The summed E-state index contributed by atoms with van der Waals surface area (Å²) in [6.45, 7) is 1.97. The maximum atomic E-state index is 11.6. The number of aliphatic hydroxyl groups excluding tert-OH is 1. The molecule has 1 amide bonds. The Bertz CT molecular complexity index is 382. The van der Waals surface area contributed by atoms with Crippen molar-refractivity contribution in [2.24, 2.45) is 0 Å². The third-order valence-corrected chi connectivity index (χ3v) is 2.82. The lowest BCUT2D eigenvalue weighted by molar-refractivity contribution is 0.0945. The van der Waals surface area contributed by atoms with Crippen molar-refractivity contribution in [3.8, 4) is 0 Å². The van der Waals surface area contributed by atoms with Gasteiger partial charge in [0.05, 0.1) is 17.2 Å². The Kier molecular flexibility index (Phi) is 4.57. The summed E-state index contributed by atoms with van der Waals surface area (Å²) in [6.07, 6.45) is 0. The van der Waals surface area contributed by atoms with E-state index in [-0.39, 0.29) is 19.1 Å². The monoisotopic (exact) mass is 291 g/mol. The summed E-state index contributed by atoms with van der Waals surface area (Å²) < 4.78 is 0.804. The number of hydrogen-bond donors (Lipinski definition) is 2. The highest BCUT2D eigenvalue weighted by Gasteiger charge is 2.12. The van der Waals surface area contributed by atoms with Gasteiger partial charge < -0.3 is 10.4 Å². The molecule has 2 N–H and O–H groups in total. The molecule has 1 aromatic carbocycles. The number of aryl methyl sites for hydroxylation is 1. The summed E-state index contributed by atoms with van der Waals surface area (Å²) in [7, 11) is 0. The minimum atomic E-state index is -0.279. The molecule has 15 heavy (non-hydrogen) atoms. The van der Waals surface area contributed by atoms with Crippen molar-refractivity contribution in [3.05, 3.63) is 32.8 Å². The fourth-order valence-electron chi connectivity index (χ4n) is 1.16. The molecule has 0 saturated carbocycles. The lowest BCUT2D eigenvalue weighted by atomic mass is 10.1. The first kappa shape index (κ1) is 12.5. The second-order valence-corrected chi connectivity index (χ2v) is 4.36. The molecule has 82 valence electrons. The molecule has 0 aliphatic heterocycles. The third-order valence-electron chi connectivity index (χ3n) is 1.86. The quantitative estimate of drug-likeness (QED) is 0.897. The van der Waals surface area contributed by atoms with Crippen LogP contribution in [0.1, 0.15) is 15.9 Å². The van der Waals surface area contributed by atoms with Gasteiger partial charge in [0.1, 0.15) is 0 Å². The van der Waals surface area contributed by atoms with Gasteiger partial charge in [-0.25, -0.2) is 0 Å². The van der Waals surface area contributed by atoms with E-state index in [0.29, 0.717) is 10.6 Å². The van der Waals surface area contributed by atoms with Crippen LogP contribution in [0.4, 0.5) is 0 Å². The third kappa shape index (κ3) is 3.19. The van der Waals surface area contributed by atoms with Crippen molar-refractivity contribution in [1.82, 2.24) is 5.32 Å². The molecule has 3 nitrogen and oxygen atoms in total. The normalized spacial score (nSPS) is 10.1. The molecular weight excluding hydrogens is 281 g/mol. The first-order valence-electron chi connectivity index (χ1n) is 4.41. The second kappa shape index (κ2) is 5.49. The van der Waals surface area contributed by atoms with Gasteiger partial charge >= 0.3 is 0 Å². The van der Waals surface area contributed by atoms with Gasteiger partial charge in [0.2, 0.25) is 0 Å². The summed E-state index contributed by atoms with van der Waals surface area (Å²) in [5, 5.41) is 11.6. The highest BCUT2D eigenvalue weighted by Crippen LogP contribution is 2.25. The number of carbonyl (C=O) groups excluding carboxylic acids is 1. The number of hydrogen-bond acceptors (Lipinski definition) is 2. The van der Waals surface area contributed by atoms with E-state index in [0.717, 1.165) is 10.0 Å². The fourth-order valence-corrected chi connectivity index (χ4v) is 1.92. The van der Waals surface area contributed by atoms with Gasteiger partial charge in [-0.05, 0) is 24.6 Å². The van der Waals surface area contributed by atoms with Gasteiger partial charge in [-0.15, -0.1) is 0 Å². The molecule has 0 unspecified atom stereocenters. The Morgan fingerprint density at radius 2 is 2.27 bits per heavy atom. The Morgan fingerprint density at radius 1 is 1.60 bits per heavy atom. The average Bonchev–Trinajstić information content (AvgIpc) is 2.19. The van der Waals surface area contributed by atoms with Crippen LogP contribution in [0.25, 0.3) is 0 Å². The van der Waals surface area contributed by atoms with Crippen LogP contribution in [0.2, 0.25) is 5.02 Å². The largest absolute Gasteiger partial charge is 0.395 e. The predicted molar refractivity (Wildman–Crippen MR) is 63.3 cm³/mol. The minimum Gasteiger partial charge on any atom is -0.395 e. The molecule has 0 fully saturated rings. The minimum absolute atomic E-state index is 0.0870. The fraction of sp³-hybridized carbons (Fsp3) is 0.300. The van der Waals surface area contributed by atoms with Gasteiger partial charge in [0.25, 0.3) is 5.91 Å². The SMILES string of the molecule is Cc1cc(Br)cc(C(=O)NCCO)c1Cl. The lowest BCUT2D eigenvalue weighted by Crippen LogP contribution is -2.26. The topological polar surface area (TPSA) is 49.3 Å². The van der Waals surface area contributed by atoms with Crippen LogP contribution in [0.5, 0.6) is 0 Å². The molecule has 0 aromatic heterocycles. The van der Waals surface area contributed by atoms with Crippen LogP contribution in [0, 0.1) is 6.92 Å². The summed E-state index contributed by atoms with van der Waals surface area (Å²) >= 11 is 9.29. The van der Waals surface area contributed by atoms with Crippen LogP contribution in [-0.4, -0.2) is 24.2 Å². The van der Waals surface area contributed by atoms with Gasteiger partial charge in [-0.1, -0.05) is 27.5 Å². The smallest absolute Gasteiger partial charge is 0.252 e. The number of halogens is 2. The van der Waals surface area contributed by atoms with E-state index in [9.17, 15) is 4.79 Å². The van der Waals surface area contributed by atoms with Crippen molar-refractivity contribution in [2.45, 2.75) is 6.92 Å². The van der Waals surface area contributed by atoms with Crippen molar-refractivity contribution in [2.75, 3.05) is 13.2 Å². The van der Waals surface area contributed by atoms with Crippen LogP contribution >= 0.6 is 27.5 Å². The maximum absolute atomic E-state index is 11.6. The van der Waals surface area contributed by atoms with Crippen molar-refractivity contribution < 1.29 is 9.90 Å². The number of aliphatic hydroxyl groups is 1. The van der Waals surface area contributed by atoms with Crippen LogP contribution in [-0.2, 0) is 0 Å². The Morgan fingerprint density at radius 3 is 2.87 bits per heavy atom. The molecule has 5 heteroatoms. The van der Waals surface area contributed by atoms with Gasteiger partial charge in [0, 0.05) is 11.0 Å². The van der Waals surface area contributed by atoms with E-state index < -0.39 is 0 Å². The second-order valence-electron chi connectivity index (χ2n) is 3.06. The van der Waals surface area contributed by atoms with Crippen molar-refractivity contribution >= 4 is 33.4 Å². The molecule has 0 aliphatic rings. The molecule has 0 saturated heterocycles. The highest BCUT2D eigenvalue weighted by atomic mass is 79.9. The average molecular weight is 293 g/mol. The van der Waals surface area contributed by atoms with Crippen LogP contribution < -0.4 is 5.32 Å². The molecule has 1 rings (SSSR count). The summed E-state index contributed by atoms with van der Waals surface area (Å²) in [6, 6.07) is 3.49. The van der Waals surface area contributed by atoms with Crippen LogP contribution in [0.3, 0.4) is 0 Å². The molecule has 0 atom stereocenters. The molecule has 0 bridgehead atoms. The van der Waals surface area contributed by atoms with E-state index in [1.807, 2.05) is 13.0 Å². The maximum Gasteiger partial charge on any atom is 0.252 e. The molecule has 0 heterocycles. The zero-order valence-corrected chi connectivity index (χ0v) is 10.5. The zero-order chi connectivity index (χ0) is 11.4. The van der Waals surface area contributed by atoms with Gasteiger partial charge in [0.15, 0.2) is 0 Å². The molecular formula is C10H11BrClNO2. The summed E-state index contributed by atoms with van der Waals surface area (Å²) in [4.78, 5) is 11.6. The van der Waals surface area contributed by atoms with Crippen molar-refractivity contribution in [3.63, 3.8) is 0 Å². The lowest BCUT2D eigenvalue weighted by Gasteiger charge is -2.08. The molecule has 0 aliphatic carbocycles. The number of amides is 1. The van der Waals surface area contributed by atoms with E-state index in [1.54, 1.807) is 6.07 Å².